The molecule has 7 nitrogen and oxygen atoms in total. The molecule has 1 aliphatic heterocycles. The number of hydrogen-bond donors (Lipinski definition) is 2. The van der Waals surface area contributed by atoms with Crippen LogP contribution in [0.15, 0.2) is 40.9 Å². The Balaban J connectivity index is 1.49. The molecule has 7 heteroatoms. The number of carbonyl (C=O) groups is 1. The van der Waals surface area contributed by atoms with Crippen LogP contribution in [0.4, 0.5) is 4.79 Å². The van der Waals surface area contributed by atoms with Gasteiger partial charge in [0.25, 0.3) is 0 Å². The third-order valence-electron chi connectivity index (χ3n) is 4.87. The van der Waals surface area contributed by atoms with Crippen LogP contribution >= 0.6 is 0 Å². The Morgan fingerprint density at radius 2 is 2.27 bits per heavy atom. The Kier molecular flexibility index (Phi) is 4.51. The van der Waals surface area contributed by atoms with E-state index in [1.807, 2.05) is 35.2 Å². The molecule has 26 heavy (non-hydrogen) atoms. The topological polar surface area (TPSA) is 83.4 Å². The number of likely N-dealkylation sites (tertiary alicyclic amines) is 1. The van der Waals surface area contributed by atoms with Gasteiger partial charge in [-0.3, -0.25) is 5.10 Å². The van der Waals surface area contributed by atoms with Crippen LogP contribution in [0.5, 0.6) is 5.75 Å². The van der Waals surface area contributed by atoms with E-state index in [9.17, 15) is 4.79 Å². The van der Waals surface area contributed by atoms with Gasteiger partial charge in [-0.25, -0.2) is 4.79 Å². The fourth-order valence-electron chi connectivity index (χ4n) is 3.62. The number of aromatic nitrogens is 2. The molecule has 1 aliphatic rings. The molecule has 0 saturated carbocycles. The molecule has 4 rings (SSSR count). The van der Waals surface area contributed by atoms with E-state index in [-0.39, 0.29) is 18.6 Å². The lowest BCUT2D eigenvalue weighted by Crippen LogP contribution is -2.44. The number of methoxy groups -OCH3 is 1. The highest BCUT2D eigenvalue weighted by molar-refractivity contribution is 5.85. The maximum atomic E-state index is 12.8. The zero-order valence-electron chi connectivity index (χ0n) is 14.7. The molecule has 136 valence electrons. The molecule has 2 aromatic heterocycles. The first-order chi connectivity index (χ1) is 12.8. The summed E-state index contributed by atoms with van der Waals surface area (Å²) < 4.78 is 11.3. The Labute approximate surface area is 151 Å². The van der Waals surface area contributed by atoms with Gasteiger partial charge in [0, 0.05) is 12.7 Å². The lowest BCUT2D eigenvalue weighted by atomic mass is 10.00. The molecule has 0 bridgehead atoms. The summed E-state index contributed by atoms with van der Waals surface area (Å²) in [6, 6.07) is 9.54. The Hall–Kier alpha value is -2.96. The number of nitrogens with one attached hydrogen (secondary N) is 2. The summed E-state index contributed by atoms with van der Waals surface area (Å²) in [4.78, 5) is 14.7. The number of fused-ring (bicyclic) bond motifs is 1. The van der Waals surface area contributed by atoms with Gasteiger partial charge >= 0.3 is 6.03 Å². The number of piperidine rings is 1. The normalized spacial score (nSPS) is 17.4. The van der Waals surface area contributed by atoms with Crippen LogP contribution < -0.4 is 10.1 Å². The smallest absolute Gasteiger partial charge is 0.318 e. The molecule has 2 N–H and O–H groups in total. The fourth-order valence-corrected chi connectivity index (χ4v) is 3.62. The van der Waals surface area contributed by atoms with E-state index in [2.05, 4.69) is 15.5 Å². The zero-order chi connectivity index (χ0) is 17.9. The third-order valence-corrected chi connectivity index (χ3v) is 4.87. The minimum Gasteiger partial charge on any atom is -0.492 e. The van der Waals surface area contributed by atoms with Crippen molar-refractivity contribution in [1.29, 1.82) is 0 Å². The average Bonchev–Trinajstić information content (AvgIpc) is 3.33. The zero-order valence-corrected chi connectivity index (χ0v) is 14.7. The molecular formula is C19H22N4O3. The number of rotatable bonds is 4. The second-order valence-corrected chi connectivity index (χ2v) is 6.43. The molecule has 1 aromatic carbocycles. The SMILES string of the molecule is COc1c(CNC(=O)N2CCCCC2c2ccn[nH]2)oc2ccccc12. The van der Waals surface area contributed by atoms with Gasteiger partial charge in [-0.15, -0.1) is 0 Å². The standard InChI is InChI=1S/C19H22N4O3/c1-25-18-13-6-2-3-8-16(13)26-17(18)12-20-19(24)23-11-5-4-7-15(23)14-9-10-21-22-14/h2-3,6,8-10,15H,4-5,7,11-12H2,1H3,(H,20,24)(H,21,22). The van der Waals surface area contributed by atoms with Gasteiger partial charge in [-0.1, -0.05) is 12.1 Å². The van der Waals surface area contributed by atoms with E-state index in [1.165, 1.54) is 0 Å². The first kappa shape index (κ1) is 16.5. The largest absolute Gasteiger partial charge is 0.492 e. The first-order valence-corrected chi connectivity index (χ1v) is 8.86. The van der Waals surface area contributed by atoms with Crippen molar-refractivity contribution in [3.8, 4) is 5.75 Å². The Morgan fingerprint density at radius 1 is 1.38 bits per heavy atom. The van der Waals surface area contributed by atoms with Crippen molar-refractivity contribution in [2.45, 2.75) is 31.8 Å². The fraction of sp³-hybridized carbons (Fsp3) is 0.368. The molecule has 0 spiro atoms. The molecule has 3 aromatic rings. The van der Waals surface area contributed by atoms with Crippen molar-refractivity contribution in [2.75, 3.05) is 13.7 Å². The predicted octanol–water partition coefficient (Wildman–Crippen LogP) is 3.60. The monoisotopic (exact) mass is 354 g/mol. The van der Waals surface area contributed by atoms with E-state index in [4.69, 9.17) is 9.15 Å². The van der Waals surface area contributed by atoms with E-state index >= 15 is 0 Å². The van der Waals surface area contributed by atoms with Gasteiger partial charge in [0.1, 0.15) is 5.58 Å². The van der Waals surface area contributed by atoms with Gasteiger partial charge < -0.3 is 19.4 Å². The lowest BCUT2D eigenvalue weighted by Gasteiger charge is -2.34. The van der Waals surface area contributed by atoms with E-state index in [0.717, 1.165) is 42.5 Å². The quantitative estimate of drug-likeness (QED) is 0.750. The molecule has 3 heterocycles. The van der Waals surface area contributed by atoms with Crippen molar-refractivity contribution < 1.29 is 13.9 Å². The van der Waals surface area contributed by atoms with Crippen LogP contribution in [0.2, 0.25) is 0 Å². The summed E-state index contributed by atoms with van der Waals surface area (Å²) in [5.74, 6) is 1.29. The Bertz CT molecular complexity index is 887. The molecule has 1 fully saturated rings. The van der Waals surface area contributed by atoms with Crippen LogP contribution in [0.1, 0.15) is 36.8 Å². The number of aromatic amines is 1. The van der Waals surface area contributed by atoms with Crippen LogP contribution in [-0.4, -0.2) is 34.8 Å². The number of ether oxygens (including phenoxy) is 1. The number of H-pyrrole nitrogens is 1. The van der Waals surface area contributed by atoms with Crippen molar-refractivity contribution in [3.05, 3.63) is 48.0 Å². The van der Waals surface area contributed by atoms with E-state index < -0.39 is 0 Å². The third kappa shape index (κ3) is 3.00. The second-order valence-electron chi connectivity index (χ2n) is 6.43. The van der Waals surface area contributed by atoms with Gasteiger partial charge in [-0.2, -0.15) is 5.10 Å². The van der Waals surface area contributed by atoms with Gasteiger partial charge in [0.15, 0.2) is 11.5 Å². The van der Waals surface area contributed by atoms with E-state index in [0.29, 0.717) is 11.5 Å². The minimum absolute atomic E-state index is 0.0313. The summed E-state index contributed by atoms with van der Waals surface area (Å²) in [6.07, 6.45) is 4.76. The number of para-hydroxylation sites is 1. The van der Waals surface area contributed by atoms with Crippen molar-refractivity contribution in [3.63, 3.8) is 0 Å². The van der Waals surface area contributed by atoms with Crippen molar-refractivity contribution >= 4 is 17.0 Å². The number of benzene rings is 1. The van der Waals surface area contributed by atoms with Gasteiger partial charge in [0.05, 0.1) is 30.8 Å². The van der Waals surface area contributed by atoms with Gasteiger partial charge in [-0.05, 0) is 37.5 Å². The maximum Gasteiger partial charge on any atom is 0.318 e. The summed E-state index contributed by atoms with van der Waals surface area (Å²) in [7, 11) is 1.61. The van der Waals surface area contributed by atoms with E-state index in [1.54, 1.807) is 13.3 Å². The highest BCUT2D eigenvalue weighted by Gasteiger charge is 2.29. The number of furan rings is 1. The highest BCUT2D eigenvalue weighted by Crippen LogP contribution is 2.33. The number of amides is 2. The number of carbonyl (C=O) groups excluding carboxylic acids is 1. The summed E-state index contributed by atoms with van der Waals surface area (Å²) in [5, 5.41) is 10.9. The molecule has 1 saturated heterocycles. The summed E-state index contributed by atoms with van der Waals surface area (Å²) in [5.41, 5.74) is 1.73. The molecule has 2 amide bonds. The molecule has 1 atom stereocenters. The van der Waals surface area contributed by atoms with Crippen LogP contribution in [-0.2, 0) is 6.54 Å². The van der Waals surface area contributed by atoms with Crippen molar-refractivity contribution in [1.82, 2.24) is 20.4 Å². The number of urea groups is 1. The van der Waals surface area contributed by atoms with Crippen LogP contribution in [0, 0.1) is 0 Å². The summed E-state index contributed by atoms with van der Waals surface area (Å²) in [6.45, 7) is 1.01. The number of hydrogen-bond acceptors (Lipinski definition) is 4. The minimum atomic E-state index is -0.105. The summed E-state index contributed by atoms with van der Waals surface area (Å²) >= 11 is 0. The average molecular weight is 354 g/mol. The lowest BCUT2D eigenvalue weighted by molar-refractivity contribution is 0.148. The molecule has 1 unspecified atom stereocenters. The van der Waals surface area contributed by atoms with Gasteiger partial charge in [0.2, 0.25) is 0 Å². The van der Waals surface area contributed by atoms with Crippen LogP contribution in [0.3, 0.4) is 0 Å². The number of nitrogens with zero attached hydrogens (tertiary/aromatic N) is 2. The predicted molar refractivity (Wildman–Crippen MR) is 96.9 cm³/mol. The molecular weight excluding hydrogens is 332 g/mol. The molecule has 0 radical (unpaired) electrons. The highest BCUT2D eigenvalue weighted by atomic mass is 16.5. The Morgan fingerprint density at radius 3 is 3.08 bits per heavy atom. The second kappa shape index (κ2) is 7.11. The van der Waals surface area contributed by atoms with Crippen molar-refractivity contribution in [2.24, 2.45) is 0 Å². The van der Waals surface area contributed by atoms with Crippen LogP contribution in [0.25, 0.3) is 11.0 Å². The molecule has 0 aliphatic carbocycles. The first-order valence-electron chi connectivity index (χ1n) is 8.86. The maximum absolute atomic E-state index is 12.8.